The van der Waals surface area contributed by atoms with Crippen molar-refractivity contribution in [3.05, 3.63) is 59.4 Å². The summed E-state index contributed by atoms with van der Waals surface area (Å²) >= 11 is 1.67. The Hall–Kier alpha value is -2.21. The van der Waals surface area contributed by atoms with E-state index in [9.17, 15) is 9.18 Å². The highest BCUT2D eigenvalue weighted by molar-refractivity contribution is 8.00. The van der Waals surface area contributed by atoms with Gasteiger partial charge in [-0.2, -0.15) is 0 Å². The molecule has 2 aromatic rings. The largest absolute Gasteiger partial charge is 0.494 e. The molecule has 30 heavy (non-hydrogen) atoms. The number of ether oxygens (including phenoxy) is 2. The van der Waals surface area contributed by atoms with E-state index in [0.29, 0.717) is 18.9 Å². The second kappa shape index (κ2) is 9.29. The van der Waals surface area contributed by atoms with E-state index in [1.54, 1.807) is 23.9 Å². The van der Waals surface area contributed by atoms with Gasteiger partial charge in [-0.05, 0) is 68.5 Å². The molecule has 0 saturated heterocycles. The van der Waals surface area contributed by atoms with Crippen LogP contribution in [0.15, 0.2) is 42.5 Å². The molecule has 4 nitrogen and oxygen atoms in total. The van der Waals surface area contributed by atoms with Gasteiger partial charge in [0.2, 0.25) is 5.91 Å². The van der Waals surface area contributed by atoms with E-state index in [0.717, 1.165) is 41.9 Å². The summed E-state index contributed by atoms with van der Waals surface area (Å²) in [5.41, 5.74) is 1.91. The molecular formula is C24H28FNO3S. The lowest BCUT2D eigenvalue weighted by Gasteiger charge is -2.40. The van der Waals surface area contributed by atoms with Crippen LogP contribution in [0.3, 0.4) is 0 Å². The van der Waals surface area contributed by atoms with Gasteiger partial charge in [-0.25, -0.2) is 4.39 Å². The molecule has 2 aromatic carbocycles. The first-order valence-electron chi connectivity index (χ1n) is 10.7. The van der Waals surface area contributed by atoms with Gasteiger partial charge in [-0.3, -0.25) is 4.79 Å². The van der Waals surface area contributed by atoms with Crippen LogP contribution >= 0.6 is 11.8 Å². The summed E-state index contributed by atoms with van der Waals surface area (Å²) in [5.74, 6) is 1.86. The van der Waals surface area contributed by atoms with Gasteiger partial charge in [-0.1, -0.05) is 12.1 Å². The number of hydrogen-bond donors (Lipinski definition) is 1. The van der Waals surface area contributed by atoms with Crippen LogP contribution in [-0.4, -0.2) is 23.9 Å². The first-order chi connectivity index (χ1) is 14.6. The minimum absolute atomic E-state index is 0.0150. The number of amides is 1. The molecule has 1 aliphatic carbocycles. The van der Waals surface area contributed by atoms with Crippen LogP contribution in [0.25, 0.3) is 0 Å². The average molecular weight is 430 g/mol. The minimum atomic E-state index is -0.272. The molecule has 1 fully saturated rings. The quantitative estimate of drug-likeness (QED) is 0.639. The standard InChI is InChI=1S/C24H28FNO3S/c1-2-28-19-9-10-21-20(13-19)22(14-24(29-21)11-3-4-12-24)30-16-23(27)26-15-17-5-7-18(25)8-6-17/h5-10,13,22H,2-4,11-12,14-16H2,1H3,(H,26,27). The highest BCUT2D eigenvalue weighted by Crippen LogP contribution is 2.52. The molecule has 0 bridgehead atoms. The van der Waals surface area contributed by atoms with Crippen LogP contribution in [-0.2, 0) is 11.3 Å². The molecule has 160 valence electrons. The number of rotatable bonds is 7. The number of carbonyl (C=O) groups is 1. The Balaban J connectivity index is 1.42. The second-order valence-corrected chi connectivity index (χ2v) is 9.22. The van der Waals surface area contributed by atoms with Gasteiger partial charge in [0.15, 0.2) is 0 Å². The third kappa shape index (κ3) is 4.91. The summed E-state index contributed by atoms with van der Waals surface area (Å²) < 4.78 is 25.2. The normalized spacial score (nSPS) is 19.2. The smallest absolute Gasteiger partial charge is 0.230 e. The number of halogens is 1. The predicted octanol–water partition coefficient (Wildman–Crippen LogP) is 5.41. The molecule has 1 unspecified atom stereocenters. The molecule has 6 heteroatoms. The van der Waals surface area contributed by atoms with Crippen molar-refractivity contribution in [2.45, 2.75) is 56.4 Å². The van der Waals surface area contributed by atoms with E-state index in [1.807, 2.05) is 19.1 Å². The Morgan fingerprint density at radius 2 is 2.00 bits per heavy atom. The topological polar surface area (TPSA) is 47.6 Å². The van der Waals surface area contributed by atoms with E-state index in [1.165, 1.54) is 25.0 Å². The Labute approximate surface area is 181 Å². The zero-order valence-electron chi connectivity index (χ0n) is 17.3. The second-order valence-electron chi connectivity index (χ2n) is 8.03. The fourth-order valence-corrected chi connectivity index (χ4v) is 5.59. The molecule has 1 saturated carbocycles. The highest BCUT2D eigenvalue weighted by Gasteiger charge is 2.43. The number of benzene rings is 2. The molecule has 1 aliphatic heterocycles. The first kappa shape index (κ1) is 21.0. The molecule has 2 aliphatic rings. The van der Waals surface area contributed by atoms with Gasteiger partial charge in [0.05, 0.1) is 12.4 Å². The maximum atomic E-state index is 13.0. The number of thioether (sulfide) groups is 1. The average Bonchev–Trinajstić information content (AvgIpc) is 3.19. The lowest BCUT2D eigenvalue weighted by atomic mass is 9.89. The van der Waals surface area contributed by atoms with E-state index < -0.39 is 0 Å². The molecule has 4 rings (SSSR count). The maximum absolute atomic E-state index is 13.0. The molecule has 1 atom stereocenters. The zero-order chi connectivity index (χ0) is 21.0. The van der Waals surface area contributed by atoms with Crippen LogP contribution in [0.2, 0.25) is 0 Å². The lowest BCUT2D eigenvalue weighted by Crippen LogP contribution is -2.38. The number of carbonyl (C=O) groups excluding carboxylic acids is 1. The van der Waals surface area contributed by atoms with E-state index in [2.05, 4.69) is 11.4 Å². The summed E-state index contributed by atoms with van der Waals surface area (Å²) in [6, 6.07) is 12.2. The third-order valence-corrected chi connectivity index (χ3v) is 7.11. The van der Waals surface area contributed by atoms with E-state index in [-0.39, 0.29) is 22.6 Å². The molecule has 0 aromatic heterocycles. The van der Waals surface area contributed by atoms with Gasteiger partial charge in [0, 0.05) is 23.8 Å². The number of nitrogens with one attached hydrogen (secondary N) is 1. The Bertz CT molecular complexity index is 881. The molecule has 1 amide bonds. The van der Waals surface area contributed by atoms with Crippen molar-refractivity contribution in [1.29, 1.82) is 0 Å². The summed E-state index contributed by atoms with van der Waals surface area (Å²) in [7, 11) is 0. The van der Waals surface area contributed by atoms with Crippen LogP contribution in [0.1, 0.15) is 55.4 Å². The zero-order valence-corrected chi connectivity index (χ0v) is 18.1. The SMILES string of the molecule is CCOc1ccc2c(c1)C(SCC(=O)NCc1ccc(F)cc1)CC1(CCCC1)O2. The van der Waals surface area contributed by atoms with Crippen LogP contribution < -0.4 is 14.8 Å². The first-order valence-corrected chi connectivity index (χ1v) is 11.7. The van der Waals surface area contributed by atoms with Gasteiger partial charge in [0.1, 0.15) is 22.9 Å². The van der Waals surface area contributed by atoms with E-state index in [4.69, 9.17) is 9.47 Å². The van der Waals surface area contributed by atoms with Crippen LogP contribution in [0, 0.1) is 5.82 Å². The molecule has 1 N–H and O–H groups in total. The molecular weight excluding hydrogens is 401 g/mol. The van der Waals surface area contributed by atoms with Crippen LogP contribution in [0.4, 0.5) is 4.39 Å². The van der Waals surface area contributed by atoms with Gasteiger partial charge < -0.3 is 14.8 Å². The fourth-order valence-electron chi connectivity index (χ4n) is 4.35. The molecule has 0 radical (unpaired) electrons. The maximum Gasteiger partial charge on any atom is 0.230 e. The monoisotopic (exact) mass is 429 g/mol. The summed E-state index contributed by atoms with van der Waals surface area (Å²) in [6.45, 7) is 3.00. The van der Waals surface area contributed by atoms with Crippen LogP contribution in [0.5, 0.6) is 11.5 Å². The van der Waals surface area contributed by atoms with Crippen molar-refractivity contribution in [1.82, 2.24) is 5.32 Å². The lowest BCUT2D eigenvalue weighted by molar-refractivity contribution is -0.118. The summed E-state index contributed by atoms with van der Waals surface area (Å²) in [6.07, 6.45) is 5.47. The Morgan fingerprint density at radius 1 is 1.23 bits per heavy atom. The highest BCUT2D eigenvalue weighted by atomic mass is 32.2. The van der Waals surface area contributed by atoms with Crippen molar-refractivity contribution in [3.63, 3.8) is 0 Å². The van der Waals surface area contributed by atoms with Crippen molar-refractivity contribution in [2.75, 3.05) is 12.4 Å². The van der Waals surface area contributed by atoms with Crippen molar-refractivity contribution in [2.24, 2.45) is 0 Å². The Kier molecular flexibility index (Phi) is 6.52. The van der Waals surface area contributed by atoms with E-state index >= 15 is 0 Å². The summed E-state index contributed by atoms with van der Waals surface area (Å²) in [5, 5.41) is 3.13. The third-order valence-electron chi connectivity index (χ3n) is 5.86. The minimum Gasteiger partial charge on any atom is -0.494 e. The molecule has 1 heterocycles. The van der Waals surface area contributed by atoms with Crippen molar-refractivity contribution >= 4 is 17.7 Å². The number of hydrogen-bond acceptors (Lipinski definition) is 4. The molecule has 1 spiro atoms. The van der Waals surface area contributed by atoms with Gasteiger partial charge in [0.25, 0.3) is 0 Å². The Morgan fingerprint density at radius 3 is 2.73 bits per heavy atom. The van der Waals surface area contributed by atoms with Crippen molar-refractivity contribution < 1.29 is 18.7 Å². The number of fused-ring (bicyclic) bond motifs is 1. The van der Waals surface area contributed by atoms with Crippen molar-refractivity contribution in [3.8, 4) is 11.5 Å². The van der Waals surface area contributed by atoms with Gasteiger partial charge in [-0.15, -0.1) is 11.8 Å². The fraction of sp³-hybridized carbons (Fsp3) is 0.458. The van der Waals surface area contributed by atoms with Gasteiger partial charge >= 0.3 is 0 Å². The predicted molar refractivity (Wildman–Crippen MR) is 118 cm³/mol. The summed E-state index contributed by atoms with van der Waals surface area (Å²) in [4.78, 5) is 12.5.